The van der Waals surface area contributed by atoms with Crippen LogP contribution in [0.2, 0.25) is 0 Å². The molecule has 0 spiro atoms. The van der Waals surface area contributed by atoms with Crippen LogP contribution in [0.4, 0.5) is 15.9 Å². The summed E-state index contributed by atoms with van der Waals surface area (Å²) in [6.45, 7) is 1.51. The topological polar surface area (TPSA) is 42.1 Å². The molecule has 2 N–H and O–H groups in total. The van der Waals surface area contributed by atoms with Crippen molar-refractivity contribution in [2.45, 2.75) is 12.8 Å². The molecule has 4 heteroatoms. The molecule has 1 aliphatic rings. The summed E-state index contributed by atoms with van der Waals surface area (Å²) < 4.78 is 12.6. The SMILES string of the molecule is Nc1ccc(N2CCCC(CF)C2)nc1. The minimum absolute atomic E-state index is 0.165. The summed E-state index contributed by atoms with van der Waals surface area (Å²) in [4.78, 5) is 6.38. The molecule has 1 aromatic heterocycles. The van der Waals surface area contributed by atoms with Gasteiger partial charge in [0.1, 0.15) is 5.82 Å². The Morgan fingerprint density at radius 1 is 1.53 bits per heavy atom. The van der Waals surface area contributed by atoms with Crippen LogP contribution in [0.5, 0.6) is 0 Å². The van der Waals surface area contributed by atoms with Gasteiger partial charge in [0.05, 0.1) is 18.6 Å². The van der Waals surface area contributed by atoms with Crippen LogP contribution in [0.15, 0.2) is 18.3 Å². The zero-order valence-corrected chi connectivity index (χ0v) is 8.69. The maximum absolute atomic E-state index is 12.6. The second kappa shape index (κ2) is 4.47. The molecule has 82 valence electrons. The second-order valence-electron chi connectivity index (χ2n) is 4.06. The molecular weight excluding hydrogens is 193 g/mol. The molecule has 1 fully saturated rings. The van der Waals surface area contributed by atoms with E-state index in [0.29, 0.717) is 5.69 Å². The Balaban J connectivity index is 2.06. The van der Waals surface area contributed by atoms with Crippen molar-refractivity contribution in [1.29, 1.82) is 0 Å². The number of pyridine rings is 1. The van der Waals surface area contributed by atoms with Crippen LogP contribution in [0, 0.1) is 5.92 Å². The molecule has 0 aromatic carbocycles. The maximum Gasteiger partial charge on any atom is 0.128 e. The third-order valence-electron chi connectivity index (χ3n) is 2.83. The third kappa shape index (κ3) is 2.37. The fourth-order valence-electron chi connectivity index (χ4n) is 1.98. The Kier molecular flexibility index (Phi) is 3.04. The summed E-state index contributed by atoms with van der Waals surface area (Å²) in [5.41, 5.74) is 6.23. The van der Waals surface area contributed by atoms with Gasteiger partial charge in [-0.1, -0.05) is 0 Å². The van der Waals surface area contributed by atoms with Crippen LogP contribution in [-0.4, -0.2) is 24.7 Å². The van der Waals surface area contributed by atoms with E-state index < -0.39 is 0 Å². The Hall–Kier alpha value is -1.32. The lowest BCUT2D eigenvalue weighted by Crippen LogP contribution is -2.36. The number of rotatable bonds is 2. The predicted molar refractivity (Wildman–Crippen MR) is 59.6 cm³/mol. The van der Waals surface area contributed by atoms with Gasteiger partial charge in [-0.25, -0.2) is 4.98 Å². The fourth-order valence-corrected chi connectivity index (χ4v) is 1.98. The quantitative estimate of drug-likeness (QED) is 0.808. The zero-order chi connectivity index (χ0) is 10.7. The Morgan fingerprint density at radius 3 is 3.07 bits per heavy atom. The van der Waals surface area contributed by atoms with E-state index in [1.165, 1.54) is 0 Å². The van der Waals surface area contributed by atoms with Crippen molar-refractivity contribution in [3.63, 3.8) is 0 Å². The summed E-state index contributed by atoms with van der Waals surface area (Å²) in [7, 11) is 0. The first kappa shape index (κ1) is 10.2. The molecule has 0 amide bonds. The van der Waals surface area contributed by atoms with E-state index in [0.717, 1.165) is 31.7 Å². The van der Waals surface area contributed by atoms with Crippen LogP contribution in [0.25, 0.3) is 0 Å². The summed E-state index contributed by atoms with van der Waals surface area (Å²) in [5, 5.41) is 0. The lowest BCUT2D eigenvalue weighted by Gasteiger charge is -2.32. The van der Waals surface area contributed by atoms with Crippen molar-refractivity contribution in [2.24, 2.45) is 5.92 Å². The van der Waals surface area contributed by atoms with Gasteiger partial charge in [-0.15, -0.1) is 0 Å². The van der Waals surface area contributed by atoms with Crippen molar-refractivity contribution in [1.82, 2.24) is 4.98 Å². The summed E-state index contributed by atoms with van der Waals surface area (Å²) in [5.74, 6) is 1.07. The highest BCUT2D eigenvalue weighted by Gasteiger charge is 2.20. The standard InChI is InChI=1S/C11H16FN3/c12-6-9-2-1-5-15(8-9)11-4-3-10(13)7-14-11/h3-4,7,9H,1-2,5-6,8,13H2. The van der Waals surface area contributed by atoms with Gasteiger partial charge in [0, 0.05) is 19.0 Å². The molecule has 0 bridgehead atoms. The van der Waals surface area contributed by atoms with Gasteiger partial charge < -0.3 is 10.6 Å². The van der Waals surface area contributed by atoms with E-state index in [4.69, 9.17) is 5.73 Å². The molecule has 0 radical (unpaired) electrons. The third-order valence-corrected chi connectivity index (χ3v) is 2.83. The Labute approximate surface area is 89.1 Å². The minimum Gasteiger partial charge on any atom is -0.397 e. The number of nitrogens with two attached hydrogens (primary N) is 1. The van der Waals surface area contributed by atoms with E-state index >= 15 is 0 Å². The van der Waals surface area contributed by atoms with Gasteiger partial charge in [0.2, 0.25) is 0 Å². The first-order valence-electron chi connectivity index (χ1n) is 5.32. The first-order chi connectivity index (χ1) is 7.29. The molecule has 1 aliphatic heterocycles. The molecule has 1 atom stereocenters. The Morgan fingerprint density at radius 2 is 2.40 bits per heavy atom. The average Bonchev–Trinajstić information content (AvgIpc) is 2.30. The van der Waals surface area contributed by atoms with E-state index in [2.05, 4.69) is 9.88 Å². The first-order valence-corrected chi connectivity index (χ1v) is 5.32. The number of anilines is 2. The predicted octanol–water partition coefficient (Wildman–Crippen LogP) is 1.85. The molecule has 0 aliphatic carbocycles. The highest BCUT2D eigenvalue weighted by molar-refractivity contribution is 5.45. The van der Waals surface area contributed by atoms with Crippen LogP contribution >= 0.6 is 0 Å². The van der Waals surface area contributed by atoms with E-state index in [-0.39, 0.29) is 12.6 Å². The fraction of sp³-hybridized carbons (Fsp3) is 0.545. The van der Waals surface area contributed by atoms with Crippen molar-refractivity contribution in [2.75, 3.05) is 30.4 Å². The van der Waals surface area contributed by atoms with Gasteiger partial charge in [-0.2, -0.15) is 0 Å². The van der Waals surface area contributed by atoms with Gasteiger partial charge >= 0.3 is 0 Å². The number of halogens is 1. The summed E-state index contributed by atoms with van der Waals surface area (Å²) >= 11 is 0. The van der Waals surface area contributed by atoms with Gasteiger partial charge in [-0.05, 0) is 25.0 Å². The monoisotopic (exact) mass is 209 g/mol. The molecule has 15 heavy (non-hydrogen) atoms. The molecule has 1 aromatic rings. The van der Waals surface area contributed by atoms with Gasteiger partial charge in [0.15, 0.2) is 0 Å². The van der Waals surface area contributed by atoms with E-state index in [1.807, 2.05) is 12.1 Å². The Bertz CT molecular complexity index is 312. The van der Waals surface area contributed by atoms with Crippen molar-refractivity contribution in [3.8, 4) is 0 Å². The minimum atomic E-state index is -0.231. The van der Waals surface area contributed by atoms with Crippen LogP contribution in [-0.2, 0) is 0 Å². The number of hydrogen-bond acceptors (Lipinski definition) is 3. The van der Waals surface area contributed by atoms with Gasteiger partial charge in [0.25, 0.3) is 0 Å². The lowest BCUT2D eigenvalue weighted by atomic mass is 9.99. The van der Waals surface area contributed by atoms with Crippen molar-refractivity contribution in [3.05, 3.63) is 18.3 Å². The molecule has 2 rings (SSSR count). The van der Waals surface area contributed by atoms with Crippen LogP contribution in [0.3, 0.4) is 0 Å². The number of piperidine rings is 1. The molecule has 0 saturated carbocycles. The van der Waals surface area contributed by atoms with Crippen molar-refractivity contribution < 1.29 is 4.39 Å². The number of nitrogen functional groups attached to an aromatic ring is 1. The van der Waals surface area contributed by atoms with E-state index in [1.54, 1.807) is 6.20 Å². The number of alkyl halides is 1. The highest BCUT2D eigenvalue weighted by Crippen LogP contribution is 2.22. The highest BCUT2D eigenvalue weighted by atomic mass is 19.1. The molecular formula is C11H16FN3. The molecule has 1 unspecified atom stereocenters. The number of hydrogen-bond donors (Lipinski definition) is 1. The van der Waals surface area contributed by atoms with Gasteiger partial charge in [-0.3, -0.25) is 4.39 Å². The normalized spacial score (nSPS) is 21.7. The smallest absolute Gasteiger partial charge is 0.128 e. The van der Waals surface area contributed by atoms with Crippen LogP contribution in [0.1, 0.15) is 12.8 Å². The lowest BCUT2D eigenvalue weighted by molar-refractivity contribution is 0.315. The number of nitrogens with zero attached hydrogens (tertiary/aromatic N) is 2. The largest absolute Gasteiger partial charge is 0.397 e. The van der Waals surface area contributed by atoms with Crippen LogP contribution < -0.4 is 10.6 Å². The maximum atomic E-state index is 12.6. The summed E-state index contributed by atoms with van der Waals surface area (Å²) in [6, 6.07) is 3.73. The molecule has 2 heterocycles. The summed E-state index contributed by atoms with van der Waals surface area (Å²) in [6.07, 6.45) is 3.68. The average molecular weight is 209 g/mol. The zero-order valence-electron chi connectivity index (χ0n) is 8.69. The molecule has 3 nitrogen and oxygen atoms in total. The van der Waals surface area contributed by atoms with Crippen molar-refractivity contribution >= 4 is 11.5 Å². The van der Waals surface area contributed by atoms with E-state index in [9.17, 15) is 4.39 Å². The molecule has 1 saturated heterocycles. The second-order valence-corrected chi connectivity index (χ2v) is 4.06. The number of aromatic nitrogens is 1.